The molecule has 0 saturated carbocycles. The van der Waals surface area contributed by atoms with Crippen LogP contribution < -0.4 is 4.74 Å². The number of nitrogens with zero attached hydrogens (tertiary/aromatic N) is 3. The average Bonchev–Trinajstić information content (AvgIpc) is 2.33. The summed E-state index contributed by atoms with van der Waals surface area (Å²) in [6, 6.07) is 1.78. The van der Waals surface area contributed by atoms with Gasteiger partial charge >= 0.3 is 0 Å². The van der Waals surface area contributed by atoms with Crippen molar-refractivity contribution in [3.8, 4) is 5.88 Å². The molecule has 1 N–H and O–H groups in total. The number of rotatable bonds is 4. The molecule has 0 spiro atoms. The van der Waals surface area contributed by atoms with E-state index in [-0.39, 0.29) is 12.7 Å². The van der Waals surface area contributed by atoms with Gasteiger partial charge in [-0.05, 0) is 12.8 Å². The van der Waals surface area contributed by atoms with Crippen molar-refractivity contribution in [3.63, 3.8) is 0 Å². The minimum absolute atomic E-state index is 0.234. The summed E-state index contributed by atoms with van der Waals surface area (Å²) >= 11 is 0. The summed E-state index contributed by atoms with van der Waals surface area (Å²) in [5, 5.41) is 8.83. The second-order valence-electron chi connectivity index (χ2n) is 3.93. The van der Waals surface area contributed by atoms with Gasteiger partial charge in [-0.2, -0.15) is 0 Å². The highest BCUT2D eigenvalue weighted by Crippen LogP contribution is 2.15. The second kappa shape index (κ2) is 5.77. The van der Waals surface area contributed by atoms with E-state index in [4.69, 9.17) is 9.84 Å². The number of hydrogen-bond donors (Lipinski definition) is 1. The molecule has 0 bridgehead atoms. The topological polar surface area (TPSA) is 58.5 Å². The molecule has 1 aromatic rings. The smallest absolute Gasteiger partial charge is 0.216 e. The molecule has 0 atom stereocenters. The first-order valence-corrected chi connectivity index (χ1v) is 5.64. The molecule has 88 valence electrons. The van der Waals surface area contributed by atoms with Gasteiger partial charge in [-0.1, -0.05) is 0 Å². The summed E-state index contributed by atoms with van der Waals surface area (Å²) in [5.41, 5.74) is 0. The van der Waals surface area contributed by atoms with Crippen LogP contribution in [0.5, 0.6) is 5.88 Å². The van der Waals surface area contributed by atoms with E-state index in [9.17, 15) is 0 Å². The van der Waals surface area contributed by atoms with E-state index in [0.29, 0.717) is 5.88 Å². The SMILES string of the molecule is OCCN1CCC(Oc2ccncn2)CC1. The van der Waals surface area contributed by atoms with E-state index < -0.39 is 0 Å². The number of aliphatic hydroxyl groups excluding tert-OH is 1. The Labute approximate surface area is 95.1 Å². The molecule has 1 aliphatic rings. The third-order valence-electron chi connectivity index (χ3n) is 2.79. The van der Waals surface area contributed by atoms with Crippen molar-refractivity contribution in [1.82, 2.24) is 14.9 Å². The summed E-state index contributed by atoms with van der Waals surface area (Å²) in [7, 11) is 0. The van der Waals surface area contributed by atoms with Gasteiger partial charge in [0, 0.05) is 31.9 Å². The Morgan fingerprint density at radius 1 is 1.44 bits per heavy atom. The van der Waals surface area contributed by atoms with Crippen molar-refractivity contribution in [1.29, 1.82) is 0 Å². The van der Waals surface area contributed by atoms with Crippen molar-refractivity contribution in [2.75, 3.05) is 26.2 Å². The van der Waals surface area contributed by atoms with Gasteiger partial charge in [-0.3, -0.25) is 0 Å². The number of aliphatic hydroxyl groups is 1. The lowest BCUT2D eigenvalue weighted by atomic mass is 10.1. The van der Waals surface area contributed by atoms with E-state index in [0.717, 1.165) is 32.5 Å². The van der Waals surface area contributed by atoms with E-state index in [1.54, 1.807) is 12.3 Å². The molecule has 5 nitrogen and oxygen atoms in total. The van der Waals surface area contributed by atoms with Gasteiger partial charge < -0.3 is 14.7 Å². The Morgan fingerprint density at radius 2 is 2.25 bits per heavy atom. The number of ether oxygens (including phenoxy) is 1. The van der Waals surface area contributed by atoms with Crippen LogP contribution in [0, 0.1) is 0 Å². The van der Waals surface area contributed by atoms with E-state index in [1.807, 2.05) is 0 Å². The van der Waals surface area contributed by atoms with Crippen LogP contribution in [-0.4, -0.2) is 52.3 Å². The van der Waals surface area contributed by atoms with Crippen LogP contribution in [0.1, 0.15) is 12.8 Å². The van der Waals surface area contributed by atoms with Gasteiger partial charge in [0.25, 0.3) is 0 Å². The zero-order valence-corrected chi connectivity index (χ0v) is 9.25. The quantitative estimate of drug-likeness (QED) is 0.796. The maximum absolute atomic E-state index is 8.83. The largest absolute Gasteiger partial charge is 0.474 e. The van der Waals surface area contributed by atoms with Crippen molar-refractivity contribution in [3.05, 3.63) is 18.6 Å². The maximum atomic E-state index is 8.83. The molecule has 0 unspecified atom stereocenters. The summed E-state index contributed by atoms with van der Waals surface area (Å²) in [5.74, 6) is 0.649. The first kappa shape index (κ1) is 11.3. The van der Waals surface area contributed by atoms with E-state index >= 15 is 0 Å². The monoisotopic (exact) mass is 223 g/mol. The molecule has 0 radical (unpaired) electrons. The van der Waals surface area contributed by atoms with Gasteiger partial charge in [0.2, 0.25) is 5.88 Å². The van der Waals surface area contributed by atoms with Crippen LogP contribution in [0.3, 0.4) is 0 Å². The van der Waals surface area contributed by atoms with Crippen LogP contribution in [0.2, 0.25) is 0 Å². The second-order valence-corrected chi connectivity index (χ2v) is 3.93. The van der Waals surface area contributed by atoms with Crippen LogP contribution in [0.25, 0.3) is 0 Å². The van der Waals surface area contributed by atoms with Crippen LogP contribution in [0.4, 0.5) is 0 Å². The lowest BCUT2D eigenvalue weighted by Gasteiger charge is -2.31. The molecule has 2 heterocycles. The Hall–Kier alpha value is -1.20. The third-order valence-corrected chi connectivity index (χ3v) is 2.79. The summed E-state index contributed by atoms with van der Waals surface area (Å²) in [6.07, 6.45) is 5.40. The number of hydrogen-bond acceptors (Lipinski definition) is 5. The lowest BCUT2D eigenvalue weighted by molar-refractivity contribution is 0.0857. The predicted molar refractivity (Wildman–Crippen MR) is 59.2 cm³/mol. The van der Waals surface area contributed by atoms with Gasteiger partial charge in [0.05, 0.1) is 6.61 Å². The molecular weight excluding hydrogens is 206 g/mol. The molecule has 0 aliphatic carbocycles. The van der Waals surface area contributed by atoms with Gasteiger partial charge in [-0.25, -0.2) is 9.97 Å². The summed E-state index contributed by atoms with van der Waals surface area (Å²) < 4.78 is 5.74. The van der Waals surface area contributed by atoms with E-state index in [1.165, 1.54) is 6.33 Å². The van der Waals surface area contributed by atoms with Gasteiger partial charge in [0.15, 0.2) is 0 Å². The highest BCUT2D eigenvalue weighted by Gasteiger charge is 2.20. The molecule has 1 saturated heterocycles. The summed E-state index contributed by atoms with van der Waals surface area (Å²) in [4.78, 5) is 10.1. The van der Waals surface area contributed by atoms with Crippen molar-refractivity contribution in [2.24, 2.45) is 0 Å². The first-order chi connectivity index (χ1) is 7.88. The minimum Gasteiger partial charge on any atom is -0.474 e. The standard InChI is InChI=1S/C11H17N3O2/c15-8-7-14-5-2-10(3-6-14)16-11-1-4-12-9-13-11/h1,4,9-10,15H,2-3,5-8H2. The summed E-state index contributed by atoms with van der Waals surface area (Å²) in [6.45, 7) is 2.96. The van der Waals surface area contributed by atoms with Crippen molar-refractivity contribution >= 4 is 0 Å². The number of β-amino-alcohol motifs (C(OH)–C–C–N with tert-alkyl or cyclic N) is 1. The van der Waals surface area contributed by atoms with Crippen molar-refractivity contribution in [2.45, 2.75) is 18.9 Å². The minimum atomic E-state index is 0.234. The third kappa shape index (κ3) is 3.15. The Morgan fingerprint density at radius 3 is 2.88 bits per heavy atom. The molecule has 0 aromatic carbocycles. The molecule has 2 rings (SSSR count). The molecule has 16 heavy (non-hydrogen) atoms. The molecule has 0 amide bonds. The van der Waals surface area contributed by atoms with Gasteiger partial charge in [0.1, 0.15) is 12.4 Å². The average molecular weight is 223 g/mol. The fraction of sp³-hybridized carbons (Fsp3) is 0.636. The fourth-order valence-electron chi connectivity index (χ4n) is 1.91. The Kier molecular flexibility index (Phi) is 4.07. The zero-order chi connectivity index (χ0) is 11.2. The molecule has 1 aromatic heterocycles. The highest BCUT2D eigenvalue weighted by molar-refractivity contribution is 5.05. The van der Waals surface area contributed by atoms with Crippen molar-refractivity contribution < 1.29 is 9.84 Å². The molecule has 1 fully saturated rings. The number of piperidine rings is 1. The highest BCUT2D eigenvalue weighted by atomic mass is 16.5. The first-order valence-electron chi connectivity index (χ1n) is 5.64. The van der Waals surface area contributed by atoms with Crippen LogP contribution in [-0.2, 0) is 0 Å². The van der Waals surface area contributed by atoms with Crippen LogP contribution >= 0.6 is 0 Å². The molecule has 1 aliphatic heterocycles. The Balaban J connectivity index is 1.77. The van der Waals surface area contributed by atoms with Crippen LogP contribution in [0.15, 0.2) is 18.6 Å². The lowest BCUT2D eigenvalue weighted by Crippen LogP contribution is -2.39. The fourth-order valence-corrected chi connectivity index (χ4v) is 1.91. The van der Waals surface area contributed by atoms with Gasteiger partial charge in [-0.15, -0.1) is 0 Å². The van der Waals surface area contributed by atoms with E-state index in [2.05, 4.69) is 14.9 Å². The zero-order valence-electron chi connectivity index (χ0n) is 9.25. The molecular formula is C11H17N3O2. The predicted octanol–water partition coefficient (Wildman–Crippen LogP) is 0.312. The normalized spacial score (nSPS) is 18.6. The Bertz CT molecular complexity index is 299. The number of aromatic nitrogens is 2. The maximum Gasteiger partial charge on any atom is 0.216 e. The molecule has 5 heteroatoms. The number of likely N-dealkylation sites (tertiary alicyclic amines) is 1.